The van der Waals surface area contributed by atoms with Gasteiger partial charge in [0.1, 0.15) is 11.6 Å². The van der Waals surface area contributed by atoms with Crippen molar-refractivity contribution >= 4 is 22.3 Å². The van der Waals surface area contributed by atoms with Crippen molar-refractivity contribution < 1.29 is 9.66 Å². The summed E-state index contributed by atoms with van der Waals surface area (Å²) in [4.78, 5) is 34.1. The Bertz CT molecular complexity index is 1520. The Kier molecular flexibility index (Phi) is 6.62. The summed E-state index contributed by atoms with van der Waals surface area (Å²) in [5.74, 6) is 1.19. The Morgan fingerprint density at radius 3 is 2.54 bits per heavy atom. The quantitative estimate of drug-likeness (QED) is 0.288. The van der Waals surface area contributed by atoms with Gasteiger partial charge >= 0.3 is 0 Å². The van der Waals surface area contributed by atoms with E-state index in [2.05, 4.69) is 47.9 Å². The van der Waals surface area contributed by atoms with Crippen molar-refractivity contribution in [2.75, 3.05) is 31.6 Å². The van der Waals surface area contributed by atoms with Gasteiger partial charge in [-0.05, 0) is 44.2 Å². The van der Waals surface area contributed by atoms with Gasteiger partial charge in [-0.15, -0.1) is 0 Å². The highest BCUT2D eigenvalue weighted by molar-refractivity contribution is 5.80. The van der Waals surface area contributed by atoms with Gasteiger partial charge in [0.05, 0.1) is 35.2 Å². The second-order valence-corrected chi connectivity index (χ2v) is 9.44. The average molecular weight is 500 g/mol. The van der Waals surface area contributed by atoms with Gasteiger partial charge in [0, 0.05) is 49.6 Å². The number of nitro groups is 1. The van der Waals surface area contributed by atoms with E-state index in [4.69, 9.17) is 9.72 Å². The molecule has 1 aromatic heterocycles. The van der Waals surface area contributed by atoms with Crippen LogP contribution in [0.2, 0.25) is 0 Å². The third-order valence-electron chi connectivity index (χ3n) is 6.89. The summed E-state index contributed by atoms with van der Waals surface area (Å²) in [5.41, 5.74) is 3.00. The average Bonchev–Trinajstić information content (AvgIpc) is 2.89. The molecule has 9 nitrogen and oxygen atoms in total. The fourth-order valence-corrected chi connectivity index (χ4v) is 4.95. The number of hydrogen-bond acceptors (Lipinski definition) is 7. The minimum absolute atomic E-state index is 0.141. The molecule has 1 fully saturated rings. The van der Waals surface area contributed by atoms with Crippen molar-refractivity contribution in [2.24, 2.45) is 0 Å². The van der Waals surface area contributed by atoms with Crippen molar-refractivity contribution in [1.29, 1.82) is 0 Å². The lowest BCUT2D eigenvalue weighted by Crippen LogP contribution is -2.52. The van der Waals surface area contributed by atoms with E-state index < -0.39 is 4.92 Å². The van der Waals surface area contributed by atoms with E-state index in [1.165, 1.54) is 23.4 Å². The van der Waals surface area contributed by atoms with Gasteiger partial charge in [-0.1, -0.05) is 23.8 Å². The summed E-state index contributed by atoms with van der Waals surface area (Å²) in [5, 5.41) is 11.6. The Labute approximate surface area is 214 Å². The van der Waals surface area contributed by atoms with Gasteiger partial charge in [0.2, 0.25) is 0 Å². The van der Waals surface area contributed by atoms with Crippen LogP contribution in [0.1, 0.15) is 18.3 Å². The zero-order valence-electron chi connectivity index (χ0n) is 21.1. The fraction of sp³-hybridized carbons (Fsp3) is 0.286. The molecule has 1 saturated heterocycles. The van der Waals surface area contributed by atoms with Crippen LogP contribution in [0.25, 0.3) is 16.6 Å². The van der Waals surface area contributed by atoms with Crippen LogP contribution in [0.3, 0.4) is 0 Å². The number of benzene rings is 3. The number of aryl methyl sites for hydroxylation is 1. The second-order valence-electron chi connectivity index (χ2n) is 9.44. The Morgan fingerprint density at radius 1 is 1.05 bits per heavy atom. The number of nitrogens with zero attached hydrogens (tertiary/aromatic N) is 5. The Morgan fingerprint density at radius 2 is 1.84 bits per heavy atom. The first-order chi connectivity index (χ1) is 17.8. The van der Waals surface area contributed by atoms with Crippen molar-refractivity contribution in [1.82, 2.24) is 14.5 Å². The number of methoxy groups -OCH3 is 1. The number of non-ortho nitro benzene ring substituents is 1. The van der Waals surface area contributed by atoms with E-state index in [9.17, 15) is 14.9 Å². The Hall–Kier alpha value is -4.24. The van der Waals surface area contributed by atoms with Gasteiger partial charge in [-0.25, -0.2) is 4.98 Å². The maximum absolute atomic E-state index is 13.7. The van der Waals surface area contributed by atoms with Crippen LogP contribution < -0.4 is 15.2 Å². The molecule has 9 heteroatoms. The topological polar surface area (TPSA) is 93.7 Å². The van der Waals surface area contributed by atoms with E-state index in [1.54, 1.807) is 29.9 Å². The molecule has 0 bridgehead atoms. The molecule has 0 amide bonds. The molecule has 4 aromatic rings. The molecule has 0 N–H and O–H groups in total. The van der Waals surface area contributed by atoms with Gasteiger partial charge in [0.25, 0.3) is 11.2 Å². The maximum atomic E-state index is 13.7. The fourth-order valence-electron chi connectivity index (χ4n) is 4.95. The molecular formula is C28H29N5O4. The maximum Gasteiger partial charge on any atom is 0.270 e. The minimum atomic E-state index is -0.502. The first-order valence-electron chi connectivity index (χ1n) is 12.2. The number of anilines is 1. The standard InChI is InChI=1S/C28H29N5O4/c1-19-7-9-21(10-8-19)31-14-13-30(17-20(31)2)18-27-29-26-12-11-23(33(35)36)16-25(26)28(34)32(27)22-5-4-6-24(15-22)37-3/h4-12,15-16,20H,13-14,17-18H2,1-3H3/t20-/m1/s1. The lowest BCUT2D eigenvalue weighted by Gasteiger charge is -2.41. The highest BCUT2D eigenvalue weighted by Crippen LogP contribution is 2.24. The van der Waals surface area contributed by atoms with Gasteiger partial charge in [-0.2, -0.15) is 0 Å². The first-order valence-corrected chi connectivity index (χ1v) is 12.2. The van der Waals surface area contributed by atoms with E-state index in [-0.39, 0.29) is 22.7 Å². The van der Waals surface area contributed by atoms with E-state index in [0.29, 0.717) is 29.3 Å². The lowest BCUT2D eigenvalue weighted by molar-refractivity contribution is -0.384. The molecule has 190 valence electrons. The van der Waals surface area contributed by atoms with Gasteiger partial charge in [-0.3, -0.25) is 24.4 Å². The second kappa shape index (κ2) is 10.0. The van der Waals surface area contributed by atoms with E-state index >= 15 is 0 Å². The van der Waals surface area contributed by atoms with Crippen LogP contribution in [0.4, 0.5) is 11.4 Å². The van der Waals surface area contributed by atoms with Crippen LogP contribution in [0.15, 0.2) is 71.5 Å². The largest absolute Gasteiger partial charge is 0.497 e. The number of ether oxygens (including phenoxy) is 1. The SMILES string of the molecule is COc1cccc(-n2c(CN3CCN(c4ccc(C)cc4)[C@H](C)C3)nc3ccc([N+](=O)[O-])cc3c2=O)c1. The summed E-state index contributed by atoms with van der Waals surface area (Å²) in [7, 11) is 1.57. The predicted molar refractivity (Wildman–Crippen MR) is 144 cm³/mol. The normalized spacial score (nSPS) is 16.2. The summed E-state index contributed by atoms with van der Waals surface area (Å²) >= 11 is 0. The van der Waals surface area contributed by atoms with Crippen molar-refractivity contribution in [3.63, 3.8) is 0 Å². The predicted octanol–water partition coefficient (Wildman–Crippen LogP) is 4.32. The summed E-state index contributed by atoms with van der Waals surface area (Å²) < 4.78 is 6.93. The number of piperazine rings is 1. The van der Waals surface area contributed by atoms with Crippen molar-refractivity contribution in [3.05, 3.63) is 98.6 Å². The monoisotopic (exact) mass is 499 g/mol. The zero-order chi connectivity index (χ0) is 26.1. The number of nitro benzene ring substituents is 1. The molecule has 3 aromatic carbocycles. The third kappa shape index (κ3) is 4.90. The molecule has 2 heterocycles. The van der Waals surface area contributed by atoms with Crippen LogP contribution in [-0.2, 0) is 6.54 Å². The molecule has 0 radical (unpaired) electrons. The highest BCUT2D eigenvalue weighted by atomic mass is 16.6. The molecule has 0 saturated carbocycles. The van der Waals surface area contributed by atoms with Crippen LogP contribution in [-0.4, -0.2) is 52.2 Å². The van der Waals surface area contributed by atoms with Crippen molar-refractivity contribution in [2.45, 2.75) is 26.4 Å². The molecule has 0 unspecified atom stereocenters. The zero-order valence-corrected chi connectivity index (χ0v) is 21.1. The lowest BCUT2D eigenvalue weighted by atomic mass is 10.1. The molecule has 37 heavy (non-hydrogen) atoms. The summed E-state index contributed by atoms with van der Waals surface area (Å²) in [6.45, 7) is 7.22. The molecule has 0 spiro atoms. The molecular weight excluding hydrogens is 470 g/mol. The first kappa shape index (κ1) is 24.5. The van der Waals surface area contributed by atoms with Crippen LogP contribution in [0, 0.1) is 17.0 Å². The summed E-state index contributed by atoms with van der Waals surface area (Å²) in [6.07, 6.45) is 0. The van der Waals surface area contributed by atoms with Crippen LogP contribution >= 0.6 is 0 Å². The van der Waals surface area contributed by atoms with Gasteiger partial charge in [0.15, 0.2) is 0 Å². The molecule has 1 aliphatic rings. The van der Waals surface area contributed by atoms with Crippen molar-refractivity contribution in [3.8, 4) is 11.4 Å². The number of fused-ring (bicyclic) bond motifs is 1. The van der Waals surface area contributed by atoms with Gasteiger partial charge < -0.3 is 9.64 Å². The summed E-state index contributed by atoms with van der Waals surface area (Å²) in [6, 6.07) is 20.3. The Balaban J connectivity index is 1.52. The molecule has 5 rings (SSSR count). The number of rotatable bonds is 6. The molecule has 1 aliphatic heterocycles. The van der Waals surface area contributed by atoms with E-state index in [1.807, 2.05) is 12.1 Å². The molecule has 1 atom stereocenters. The van der Waals surface area contributed by atoms with E-state index in [0.717, 1.165) is 19.6 Å². The third-order valence-corrected chi connectivity index (χ3v) is 6.89. The highest BCUT2D eigenvalue weighted by Gasteiger charge is 2.26. The minimum Gasteiger partial charge on any atom is -0.497 e. The number of hydrogen-bond donors (Lipinski definition) is 0. The smallest absolute Gasteiger partial charge is 0.270 e. The molecule has 0 aliphatic carbocycles. The van der Waals surface area contributed by atoms with Crippen LogP contribution in [0.5, 0.6) is 5.75 Å². The number of aromatic nitrogens is 2.